The highest BCUT2D eigenvalue weighted by Crippen LogP contribution is 2.58. The molecule has 5 rings (SSSR count). The lowest BCUT2D eigenvalue weighted by Gasteiger charge is -2.41. The minimum absolute atomic E-state index is 0.0460. The van der Waals surface area contributed by atoms with Gasteiger partial charge in [-0.3, -0.25) is 14.4 Å². The van der Waals surface area contributed by atoms with Gasteiger partial charge in [-0.2, -0.15) is 0 Å². The molecule has 1 aromatic carbocycles. The van der Waals surface area contributed by atoms with E-state index in [4.69, 9.17) is 4.74 Å². The first-order valence-corrected chi connectivity index (χ1v) is 14.9. The molecular formula is C32H43N3O5. The second kappa shape index (κ2) is 11.1. The van der Waals surface area contributed by atoms with Gasteiger partial charge in [-0.25, -0.2) is 0 Å². The van der Waals surface area contributed by atoms with E-state index < -0.39 is 35.1 Å². The molecule has 4 heterocycles. The number of likely N-dealkylation sites (tertiary alicyclic amines) is 1. The van der Waals surface area contributed by atoms with E-state index in [2.05, 4.69) is 6.92 Å². The van der Waals surface area contributed by atoms with E-state index in [1.54, 1.807) is 9.80 Å². The second-order valence-electron chi connectivity index (χ2n) is 12.0. The van der Waals surface area contributed by atoms with Crippen molar-refractivity contribution in [3.05, 3.63) is 54.6 Å². The van der Waals surface area contributed by atoms with Crippen molar-refractivity contribution in [1.82, 2.24) is 9.80 Å². The molecular weight excluding hydrogens is 506 g/mol. The molecule has 2 saturated heterocycles. The molecule has 1 N–H and O–H groups in total. The SMILES string of the molecule is CCCCCN1CC=C[C@]23O[C@@]4(C)C=CCN(c5ccccc5)C(=O)[C@H]4[C@H]2C(=O)N([C@@H](CO)[C@@H](C)CC)C3C1=O. The third-order valence-corrected chi connectivity index (χ3v) is 9.52. The van der Waals surface area contributed by atoms with Gasteiger partial charge >= 0.3 is 0 Å². The molecule has 0 aromatic heterocycles. The van der Waals surface area contributed by atoms with Crippen LogP contribution in [-0.4, -0.2) is 82.2 Å². The molecule has 1 aromatic rings. The molecule has 4 aliphatic heterocycles. The van der Waals surface area contributed by atoms with Crippen molar-refractivity contribution in [2.45, 2.75) is 76.7 Å². The minimum Gasteiger partial charge on any atom is -0.394 e. The average molecular weight is 550 g/mol. The van der Waals surface area contributed by atoms with Crippen LogP contribution in [-0.2, 0) is 19.1 Å². The number of amides is 3. The maximum atomic E-state index is 14.6. The Morgan fingerprint density at radius 1 is 0.975 bits per heavy atom. The topological polar surface area (TPSA) is 90.4 Å². The fourth-order valence-corrected chi connectivity index (χ4v) is 7.27. The Morgan fingerprint density at radius 2 is 1.70 bits per heavy atom. The lowest BCUT2D eigenvalue weighted by atomic mass is 9.74. The Kier molecular flexibility index (Phi) is 7.94. The summed E-state index contributed by atoms with van der Waals surface area (Å²) in [7, 11) is 0. The van der Waals surface area contributed by atoms with Gasteiger partial charge in [0.1, 0.15) is 11.6 Å². The van der Waals surface area contributed by atoms with Crippen molar-refractivity contribution in [3.8, 4) is 0 Å². The summed E-state index contributed by atoms with van der Waals surface area (Å²) in [6.45, 7) is 9.11. The van der Waals surface area contributed by atoms with E-state index in [0.29, 0.717) is 19.6 Å². The van der Waals surface area contributed by atoms with Crippen LogP contribution in [0.3, 0.4) is 0 Å². The quantitative estimate of drug-likeness (QED) is 0.376. The van der Waals surface area contributed by atoms with Gasteiger partial charge < -0.3 is 24.5 Å². The largest absolute Gasteiger partial charge is 0.394 e. The first-order valence-electron chi connectivity index (χ1n) is 14.9. The molecule has 3 amide bonds. The monoisotopic (exact) mass is 549 g/mol. The second-order valence-corrected chi connectivity index (χ2v) is 12.0. The molecule has 8 heteroatoms. The van der Waals surface area contributed by atoms with E-state index in [1.807, 2.05) is 80.3 Å². The molecule has 2 fully saturated rings. The molecule has 1 spiro atoms. The number of hydrogen-bond donors (Lipinski definition) is 1. The Labute approximate surface area is 237 Å². The van der Waals surface area contributed by atoms with Gasteiger partial charge in [0, 0.05) is 25.3 Å². The number of aliphatic hydroxyl groups excluding tert-OH is 1. The highest BCUT2D eigenvalue weighted by molar-refractivity contribution is 6.04. The molecule has 40 heavy (non-hydrogen) atoms. The van der Waals surface area contributed by atoms with E-state index in [1.165, 1.54) is 0 Å². The minimum atomic E-state index is -1.31. The molecule has 0 aliphatic carbocycles. The van der Waals surface area contributed by atoms with Crippen molar-refractivity contribution >= 4 is 23.4 Å². The summed E-state index contributed by atoms with van der Waals surface area (Å²) >= 11 is 0. The van der Waals surface area contributed by atoms with Crippen LogP contribution in [0.15, 0.2) is 54.6 Å². The van der Waals surface area contributed by atoms with Crippen LogP contribution in [0.25, 0.3) is 0 Å². The molecule has 216 valence electrons. The van der Waals surface area contributed by atoms with Gasteiger partial charge in [0.15, 0.2) is 0 Å². The van der Waals surface area contributed by atoms with Crippen molar-refractivity contribution in [2.75, 3.05) is 31.1 Å². The zero-order chi connectivity index (χ0) is 28.7. The first-order chi connectivity index (χ1) is 19.2. The summed E-state index contributed by atoms with van der Waals surface area (Å²) in [5.41, 5.74) is -1.63. The summed E-state index contributed by atoms with van der Waals surface area (Å²) in [5, 5.41) is 10.6. The number of benzene rings is 1. The molecule has 8 nitrogen and oxygen atoms in total. The number of rotatable bonds is 9. The number of ether oxygens (including phenoxy) is 1. The van der Waals surface area contributed by atoms with Crippen LogP contribution in [0.5, 0.6) is 0 Å². The number of anilines is 1. The Morgan fingerprint density at radius 3 is 2.38 bits per heavy atom. The first kappa shape index (κ1) is 28.6. The molecule has 4 aliphatic rings. The lowest BCUT2D eigenvalue weighted by Crippen LogP contribution is -2.59. The Hall–Kier alpha value is -2.97. The van der Waals surface area contributed by atoms with Crippen LogP contribution in [0.2, 0.25) is 0 Å². The summed E-state index contributed by atoms with van der Waals surface area (Å²) < 4.78 is 6.92. The summed E-state index contributed by atoms with van der Waals surface area (Å²) in [6, 6.07) is 7.94. The smallest absolute Gasteiger partial charge is 0.249 e. The van der Waals surface area contributed by atoms with Gasteiger partial charge in [0.05, 0.1) is 30.1 Å². The highest BCUT2D eigenvalue weighted by Gasteiger charge is 2.75. The molecule has 7 atom stereocenters. The van der Waals surface area contributed by atoms with E-state index in [-0.39, 0.29) is 30.2 Å². The van der Waals surface area contributed by atoms with E-state index in [0.717, 1.165) is 31.4 Å². The summed E-state index contributed by atoms with van der Waals surface area (Å²) in [6.07, 6.45) is 11.3. The van der Waals surface area contributed by atoms with E-state index >= 15 is 0 Å². The Bertz CT molecular complexity index is 1180. The molecule has 0 radical (unpaired) electrons. The third kappa shape index (κ3) is 4.40. The number of unbranched alkanes of at least 4 members (excludes halogenated alkanes) is 2. The highest BCUT2D eigenvalue weighted by atomic mass is 16.5. The summed E-state index contributed by atoms with van der Waals surface area (Å²) in [4.78, 5) is 48.5. The fraction of sp³-hybridized carbons (Fsp3) is 0.594. The summed E-state index contributed by atoms with van der Waals surface area (Å²) in [5.74, 6) is -2.42. The fourth-order valence-electron chi connectivity index (χ4n) is 7.27. The number of hydrogen-bond acceptors (Lipinski definition) is 5. The maximum absolute atomic E-state index is 14.6. The zero-order valence-electron chi connectivity index (χ0n) is 24.2. The van der Waals surface area contributed by atoms with Crippen LogP contribution < -0.4 is 4.90 Å². The molecule has 0 bridgehead atoms. The predicted octanol–water partition coefficient (Wildman–Crippen LogP) is 3.56. The standard InChI is InChI=1S/C32H43N3O5/c1-5-7-11-18-33-19-13-17-32-26(29(38)35(27(32)30(33)39)24(21-36)22(3)6-2)25-28(37)34(23-14-9-8-10-15-23)20-12-16-31(25,4)40-32/h8-10,12-17,22,24-27,36H,5-7,11,18-21H2,1-4H3/t22-,24-,25+,26-,27?,31-,32-/m0/s1. The molecule has 0 saturated carbocycles. The number of para-hydroxylation sites is 1. The van der Waals surface area contributed by atoms with E-state index in [9.17, 15) is 19.5 Å². The normalized spacial score (nSPS) is 33.0. The average Bonchev–Trinajstić information content (AvgIpc) is 3.22. The Balaban J connectivity index is 1.63. The van der Waals surface area contributed by atoms with Crippen molar-refractivity contribution in [1.29, 1.82) is 0 Å². The van der Waals surface area contributed by atoms with Crippen LogP contribution in [0.4, 0.5) is 5.69 Å². The van der Waals surface area contributed by atoms with Crippen LogP contribution in [0.1, 0.15) is 53.4 Å². The van der Waals surface area contributed by atoms with Gasteiger partial charge in [0.2, 0.25) is 17.7 Å². The van der Waals surface area contributed by atoms with Crippen LogP contribution >= 0.6 is 0 Å². The number of fused-ring (bicyclic) bond motifs is 2. The predicted molar refractivity (Wildman–Crippen MR) is 153 cm³/mol. The zero-order valence-corrected chi connectivity index (χ0v) is 24.2. The van der Waals surface area contributed by atoms with Crippen LogP contribution in [0, 0.1) is 17.8 Å². The van der Waals surface area contributed by atoms with Crippen molar-refractivity contribution < 1.29 is 24.2 Å². The van der Waals surface area contributed by atoms with Gasteiger partial charge in [0.25, 0.3) is 0 Å². The number of nitrogens with zero attached hydrogens (tertiary/aromatic N) is 3. The maximum Gasteiger partial charge on any atom is 0.249 e. The van der Waals surface area contributed by atoms with Crippen molar-refractivity contribution in [2.24, 2.45) is 17.8 Å². The van der Waals surface area contributed by atoms with Crippen molar-refractivity contribution in [3.63, 3.8) is 0 Å². The number of carbonyl (C=O) groups is 3. The van der Waals surface area contributed by atoms with Gasteiger partial charge in [-0.05, 0) is 31.4 Å². The lowest BCUT2D eigenvalue weighted by molar-refractivity contribution is -0.155. The van der Waals surface area contributed by atoms with Gasteiger partial charge in [-0.15, -0.1) is 0 Å². The number of aliphatic hydroxyl groups is 1. The molecule has 1 unspecified atom stereocenters. The number of carbonyl (C=O) groups excluding carboxylic acids is 3. The third-order valence-electron chi connectivity index (χ3n) is 9.52. The van der Waals surface area contributed by atoms with Gasteiger partial charge in [-0.1, -0.05) is 82.5 Å².